The van der Waals surface area contributed by atoms with E-state index in [2.05, 4.69) is 13.8 Å². The van der Waals surface area contributed by atoms with E-state index in [9.17, 15) is 4.79 Å². The van der Waals surface area contributed by atoms with Crippen molar-refractivity contribution in [3.8, 4) is 0 Å². The zero-order chi connectivity index (χ0) is 10.2. The molecule has 0 aromatic carbocycles. The smallest absolute Gasteiger partial charge is 0.162 e. The van der Waals surface area contributed by atoms with Gasteiger partial charge in [-0.2, -0.15) is 0 Å². The average Bonchev–Trinajstić information content (AvgIpc) is 2.00. The standard InChI is InChI=1S/C12H18O2/c1-11(2)5-3-6-12(9-11)8-10(13)4-7-14-12/h4,7H,3,5-6,8-9H2,1-2H3. The van der Waals surface area contributed by atoms with Crippen LogP contribution in [0.25, 0.3) is 0 Å². The Morgan fingerprint density at radius 1 is 1.36 bits per heavy atom. The molecule has 1 spiro atoms. The first kappa shape index (κ1) is 9.75. The van der Waals surface area contributed by atoms with Gasteiger partial charge in [0.25, 0.3) is 0 Å². The van der Waals surface area contributed by atoms with Crippen molar-refractivity contribution in [2.75, 3.05) is 0 Å². The Balaban J connectivity index is 2.16. The van der Waals surface area contributed by atoms with E-state index in [1.54, 1.807) is 12.3 Å². The number of hydrogen-bond donors (Lipinski definition) is 0. The number of ether oxygens (including phenoxy) is 1. The fraction of sp³-hybridized carbons (Fsp3) is 0.750. The summed E-state index contributed by atoms with van der Waals surface area (Å²) in [4.78, 5) is 11.4. The van der Waals surface area contributed by atoms with Crippen LogP contribution in [0.2, 0.25) is 0 Å². The van der Waals surface area contributed by atoms with Crippen LogP contribution in [0.1, 0.15) is 46.0 Å². The van der Waals surface area contributed by atoms with Gasteiger partial charge in [-0.1, -0.05) is 13.8 Å². The van der Waals surface area contributed by atoms with Gasteiger partial charge in [-0.25, -0.2) is 0 Å². The molecule has 78 valence electrons. The number of hydrogen-bond acceptors (Lipinski definition) is 2. The molecule has 2 nitrogen and oxygen atoms in total. The zero-order valence-corrected chi connectivity index (χ0v) is 9.01. The molecular weight excluding hydrogens is 176 g/mol. The minimum atomic E-state index is -0.173. The maximum absolute atomic E-state index is 11.4. The first-order valence-electron chi connectivity index (χ1n) is 5.39. The molecule has 1 fully saturated rings. The maximum Gasteiger partial charge on any atom is 0.162 e. The Morgan fingerprint density at radius 2 is 2.14 bits per heavy atom. The van der Waals surface area contributed by atoms with Gasteiger partial charge in [0.1, 0.15) is 5.60 Å². The quantitative estimate of drug-likeness (QED) is 0.592. The van der Waals surface area contributed by atoms with Gasteiger partial charge in [0, 0.05) is 6.08 Å². The Bertz CT molecular complexity index is 278. The molecule has 0 aromatic rings. The number of carbonyl (C=O) groups excluding carboxylic acids is 1. The molecule has 1 saturated carbocycles. The minimum Gasteiger partial charge on any atom is -0.494 e. The Hall–Kier alpha value is -0.790. The fourth-order valence-corrected chi connectivity index (χ4v) is 2.86. The molecule has 1 heterocycles. The lowest BCUT2D eigenvalue weighted by Gasteiger charge is -2.44. The van der Waals surface area contributed by atoms with Crippen LogP contribution in [0.15, 0.2) is 12.3 Å². The lowest BCUT2D eigenvalue weighted by atomic mass is 9.68. The average molecular weight is 194 g/mol. The second-order valence-corrected chi connectivity index (χ2v) is 5.44. The summed E-state index contributed by atoms with van der Waals surface area (Å²) in [5.74, 6) is 0.217. The van der Waals surface area contributed by atoms with Gasteiger partial charge in [-0.05, 0) is 31.1 Å². The van der Waals surface area contributed by atoms with Gasteiger partial charge >= 0.3 is 0 Å². The van der Waals surface area contributed by atoms with E-state index in [1.807, 2.05) is 0 Å². The van der Waals surface area contributed by atoms with Crippen LogP contribution in [0, 0.1) is 5.41 Å². The fourth-order valence-electron chi connectivity index (χ4n) is 2.86. The maximum atomic E-state index is 11.4. The highest BCUT2D eigenvalue weighted by Gasteiger charge is 2.43. The largest absolute Gasteiger partial charge is 0.494 e. The number of allylic oxidation sites excluding steroid dienone is 1. The molecule has 14 heavy (non-hydrogen) atoms. The summed E-state index contributed by atoms with van der Waals surface area (Å²) >= 11 is 0. The molecule has 1 aliphatic carbocycles. The lowest BCUT2D eigenvalue weighted by molar-refractivity contribution is -0.127. The van der Waals surface area contributed by atoms with Crippen LogP contribution in [0.5, 0.6) is 0 Å². The molecule has 1 atom stereocenters. The van der Waals surface area contributed by atoms with Crippen molar-refractivity contribution in [3.63, 3.8) is 0 Å². The molecule has 2 rings (SSSR count). The van der Waals surface area contributed by atoms with Crippen LogP contribution in [0.3, 0.4) is 0 Å². The zero-order valence-electron chi connectivity index (χ0n) is 9.01. The van der Waals surface area contributed by atoms with E-state index in [0.29, 0.717) is 11.8 Å². The van der Waals surface area contributed by atoms with E-state index >= 15 is 0 Å². The third kappa shape index (κ3) is 1.84. The Labute approximate surface area is 85.3 Å². The van der Waals surface area contributed by atoms with Crippen molar-refractivity contribution in [1.29, 1.82) is 0 Å². The van der Waals surface area contributed by atoms with Crippen LogP contribution < -0.4 is 0 Å². The molecule has 1 aliphatic heterocycles. The molecule has 0 radical (unpaired) electrons. The van der Waals surface area contributed by atoms with Crippen LogP contribution in [0.4, 0.5) is 0 Å². The third-order valence-corrected chi connectivity index (χ3v) is 3.36. The second kappa shape index (κ2) is 3.11. The Kier molecular flexibility index (Phi) is 2.17. The molecular formula is C12H18O2. The lowest BCUT2D eigenvalue weighted by Crippen LogP contribution is -2.43. The number of rotatable bonds is 0. The molecule has 0 saturated heterocycles. The van der Waals surface area contributed by atoms with Gasteiger partial charge in [-0.15, -0.1) is 0 Å². The van der Waals surface area contributed by atoms with Crippen molar-refractivity contribution in [1.82, 2.24) is 0 Å². The molecule has 1 unspecified atom stereocenters. The van der Waals surface area contributed by atoms with Crippen LogP contribution >= 0.6 is 0 Å². The van der Waals surface area contributed by atoms with E-state index < -0.39 is 0 Å². The summed E-state index contributed by atoms with van der Waals surface area (Å²) in [6.07, 6.45) is 8.18. The van der Waals surface area contributed by atoms with E-state index in [4.69, 9.17) is 4.74 Å². The van der Waals surface area contributed by atoms with E-state index in [0.717, 1.165) is 12.8 Å². The summed E-state index contributed by atoms with van der Waals surface area (Å²) in [6.45, 7) is 4.53. The highest BCUT2D eigenvalue weighted by Crippen LogP contribution is 2.45. The first-order valence-corrected chi connectivity index (χ1v) is 5.39. The molecule has 2 aliphatic rings. The van der Waals surface area contributed by atoms with E-state index in [1.165, 1.54) is 12.8 Å². The van der Waals surface area contributed by atoms with Crippen molar-refractivity contribution in [2.24, 2.45) is 5.41 Å². The highest BCUT2D eigenvalue weighted by atomic mass is 16.5. The molecule has 0 bridgehead atoms. The summed E-state index contributed by atoms with van der Waals surface area (Å²) in [5.41, 5.74) is 0.150. The number of carbonyl (C=O) groups is 1. The first-order chi connectivity index (χ1) is 6.52. The Morgan fingerprint density at radius 3 is 2.79 bits per heavy atom. The SMILES string of the molecule is CC1(C)CCCC2(CC(=O)C=CO2)C1. The second-order valence-electron chi connectivity index (χ2n) is 5.44. The summed E-state index contributed by atoms with van der Waals surface area (Å²) in [5, 5.41) is 0. The summed E-state index contributed by atoms with van der Waals surface area (Å²) in [7, 11) is 0. The van der Waals surface area contributed by atoms with Gasteiger partial charge in [0.15, 0.2) is 5.78 Å². The molecule has 0 aromatic heterocycles. The van der Waals surface area contributed by atoms with Crippen molar-refractivity contribution < 1.29 is 9.53 Å². The summed E-state index contributed by atoms with van der Waals surface area (Å²) < 4.78 is 5.71. The van der Waals surface area contributed by atoms with E-state index in [-0.39, 0.29) is 11.4 Å². The van der Waals surface area contributed by atoms with Crippen LogP contribution in [-0.4, -0.2) is 11.4 Å². The van der Waals surface area contributed by atoms with Crippen LogP contribution in [-0.2, 0) is 9.53 Å². The van der Waals surface area contributed by atoms with Gasteiger partial charge < -0.3 is 4.74 Å². The predicted molar refractivity (Wildman–Crippen MR) is 54.8 cm³/mol. The number of ketones is 1. The highest BCUT2D eigenvalue weighted by molar-refractivity contribution is 5.90. The predicted octanol–water partition coefficient (Wildman–Crippen LogP) is 2.83. The van der Waals surface area contributed by atoms with Gasteiger partial charge in [-0.3, -0.25) is 4.79 Å². The summed E-state index contributed by atoms with van der Waals surface area (Å²) in [6, 6.07) is 0. The van der Waals surface area contributed by atoms with Gasteiger partial charge in [0.2, 0.25) is 0 Å². The van der Waals surface area contributed by atoms with Crippen molar-refractivity contribution in [3.05, 3.63) is 12.3 Å². The minimum absolute atomic E-state index is 0.173. The molecule has 2 heteroatoms. The third-order valence-electron chi connectivity index (χ3n) is 3.36. The normalized spacial score (nSPS) is 35.7. The van der Waals surface area contributed by atoms with Crippen molar-refractivity contribution in [2.45, 2.75) is 51.6 Å². The monoisotopic (exact) mass is 194 g/mol. The molecule has 0 N–H and O–H groups in total. The van der Waals surface area contributed by atoms with Crippen molar-refractivity contribution >= 4 is 5.78 Å². The molecule has 0 amide bonds. The topological polar surface area (TPSA) is 26.3 Å². The van der Waals surface area contributed by atoms with Gasteiger partial charge in [0.05, 0.1) is 12.7 Å².